The highest BCUT2D eigenvalue weighted by Crippen LogP contribution is 2.35. The Hall–Kier alpha value is -3.06. The topological polar surface area (TPSA) is 123 Å². The molecule has 3 heterocycles. The van der Waals surface area contributed by atoms with Crippen LogP contribution in [0.2, 0.25) is 5.02 Å². The molecule has 1 aromatic heterocycles. The number of aliphatic imine (C=N–C) groups is 1. The summed E-state index contributed by atoms with van der Waals surface area (Å²) >= 11 is 7.27. The molecule has 4 rings (SSSR count). The fourth-order valence-electron chi connectivity index (χ4n) is 3.79. The van der Waals surface area contributed by atoms with Crippen LogP contribution in [0.3, 0.4) is 0 Å². The molecule has 0 saturated carbocycles. The number of aromatic nitrogens is 1. The van der Waals surface area contributed by atoms with Gasteiger partial charge in [-0.15, -0.1) is 11.3 Å². The number of carboxylic acid groups (broad SMARTS) is 1. The molecule has 1 aromatic carbocycles. The van der Waals surface area contributed by atoms with Gasteiger partial charge in [0.15, 0.2) is 17.1 Å². The second-order valence-corrected chi connectivity index (χ2v) is 8.84. The number of amidine groups is 1. The summed E-state index contributed by atoms with van der Waals surface area (Å²) in [5.41, 5.74) is 0.587. The molecule has 0 amide bonds. The maximum atomic E-state index is 15.0. The van der Waals surface area contributed by atoms with E-state index in [1.165, 1.54) is 23.5 Å². The molecule has 1 saturated heterocycles. The normalized spacial score (nSPS) is 20.7. The lowest BCUT2D eigenvalue weighted by atomic mass is 9.94. The van der Waals surface area contributed by atoms with E-state index < -0.39 is 30.2 Å². The molecule has 0 unspecified atom stereocenters. The van der Waals surface area contributed by atoms with Crippen molar-refractivity contribution in [2.24, 2.45) is 4.99 Å². The number of hydrogen-bond acceptors (Lipinski definition) is 10. The fraction of sp³-hybridized carbons (Fsp3) is 0.364. The Kier molecular flexibility index (Phi) is 7.96. The lowest BCUT2D eigenvalue weighted by Gasteiger charge is -2.36. The third kappa shape index (κ3) is 5.78. The first kappa shape index (κ1) is 25.0. The molecule has 0 spiro atoms. The van der Waals surface area contributed by atoms with Crippen LogP contribution in [0.15, 0.2) is 46.0 Å². The molecule has 2 atom stereocenters. The van der Waals surface area contributed by atoms with Crippen LogP contribution in [0.5, 0.6) is 0 Å². The van der Waals surface area contributed by atoms with Gasteiger partial charge >= 0.3 is 12.1 Å². The van der Waals surface area contributed by atoms with Crippen LogP contribution in [-0.4, -0.2) is 72.1 Å². The van der Waals surface area contributed by atoms with E-state index in [4.69, 9.17) is 30.9 Å². The largest absolute Gasteiger partial charge is 0.507 e. The minimum atomic E-state index is -1.45. The van der Waals surface area contributed by atoms with Gasteiger partial charge in [0, 0.05) is 40.9 Å². The number of carbonyl (C=O) groups is 2. The van der Waals surface area contributed by atoms with Crippen molar-refractivity contribution in [3.05, 3.63) is 62.5 Å². The molecule has 2 aliphatic heterocycles. The minimum Gasteiger partial charge on any atom is -0.463 e. The summed E-state index contributed by atoms with van der Waals surface area (Å²) < 4.78 is 30.7. The highest BCUT2D eigenvalue weighted by molar-refractivity contribution is 7.11. The van der Waals surface area contributed by atoms with Crippen LogP contribution in [0, 0.1) is 5.82 Å². The summed E-state index contributed by atoms with van der Waals surface area (Å²) in [6.45, 7) is 2.52. The van der Waals surface area contributed by atoms with Gasteiger partial charge in [-0.2, -0.15) is 0 Å². The van der Waals surface area contributed by atoms with Gasteiger partial charge in [0.05, 0.1) is 25.4 Å². The van der Waals surface area contributed by atoms with Crippen molar-refractivity contribution in [2.45, 2.75) is 19.2 Å². The average Bonchev–Trinajstić information content (AvgIpc) is 3.35. The van der Waals surface area contributed by atoms with Gasteiger partial charge in [0.1, 0.15) is 11.9 Å². The number of morpholine rings is 1. The third-order valence-corrected chi connectivity index (χ3v) is 6.32. The second kappa shape index (κ2) is 11.1. The maximum absolute atomic E-state index is 15.0. The molecular weight excluding hydrogens is 503 g/mol. The molecule has 2 aromatic rings. The quantitative estimate of drug-likeness (QED) is 0.525. The summed E-state index contributed by atoms with van der Waals surface area (Å²) in [5, 5.41) is 14.8. The number of rotatable bonds is 7. The van der Waals surface area contributed by atoms with Crippen molar-refractivity contribution in [1.82, 2.24) is 15.2 Å². The summed E-state index contributed by atoms with van der Waals surface area (Å²) in [5.74, 6) is -0.974. The van der Waals surface area contributed by atoms with E-state index in [1.54, 1.807) is 23.4 Å². The van der Waals surface area contributed by atoms with Crippen molar-refractivity contribution < 1.29 is 33.3 Å². The van der Waals surface area contributed by atoms with Gasteiger partial charge in [0.25, 0.3) is 0 Å². The number of carbonyl (C=O) groups excluding carboxylic acids is 1. The molecule has 2 N–H and O–H groups in total. The average molecular weight is 525 g/mol. The van der Waals surface area contributed by atoms with Gasteiger partial charge in [-0.25, -0.2) is 19.0 Å². The Morgan fingerprint density at radius 2 is 2.26 bits per heavy atom. The monoisotopic (exact) mass is 524 g/mol. The van der Waals surface area contributed by atoms with Crippen molar-refractivity contribution in [1.29, 1.82) is 0 Å². The first-order valence-electron chi connectivity index (χ1n) is 10.7. The van der Waals surface area contributed by atoms with Crippen LogP contribution >= 0.6 is 22.9 Å². The Labute approximate surface area is 209 Å². The molecular formula is C22H22ClFN4O6S. The number of ether oxygens (including phenoxy) is 3. The van der Waals surface area contributed by atoms with Gasteiger partial charge in [0.2, 0.25) is 0 Å². The van der Waals surface area contributed by atoms with E-state index in [1.807, 2.05) is 0 Å². The maximum Gasteiger partial charge on any atom is 0.507 e. The Bertz CT molecular complexity index is 1160. The summed E-state index contributed by atoms with van der Waals surface area (Å²) in [6.07, 6.45) is -0.745. The first-order chi connectivity index (χ1) is 16.9. The number of nitrogens with zero attached hydrogens (tertiary/aromatic N) is 3. The van der Waals surface area contributed by atoms with Gasteiger partial charge < -0.3 is 24.6 Å². The van der Waals surface area contributed by atoms with Crippen LogP contribution in [-0.2, 0) is 19.0 Å². The number of hydrogen-bond donors (Lipinski definition) is 2. The summed E-state index contributed by atoms with van der Waals surface area (Å²) in [6, 6.07) is 3.08. The molecule has 10 nitrogen and oxygen atoms in total. The lowest BCUT2D eigenvalue weighted by molar-refractivity contribution is -0.139. The fourth-order valence-corrected chi connectivity index (χ4v) is 4.54. The molecule has 1 fully saturated rings. The number of benzene rings is 1. The van der Waals surface area contributed by atoms with E-state index in [2.05, 4.69) is 15.3 Å². The number of halogens is 2. The molecule has 2 aliphatic rings. The van der Waals surface area contributed by atoms with E-state index in [-0.39, 0.29) is 35.9 Å². The van der Waals surface area contributed by atoms with Gasteiger partial charge in [-0.1, -0.05) is 17.7 Å². The zero-order valence-electron chi connectivity index (χ0n) is 18.6. The number of nitrogens with one attached hydrogen (secondary N) is 1. The van der Waals surface area contributed by atoms with Crippen LogP contribution < -0.4 is 5.32 Å². The molecule has 0 radical (unpaired) electrons. The highest BCUT2D eigenvalue weighted by Gasteiger charge is 2.36. The van der Waals surface area contributed by atoms with Crippen molar-refractivity contribution in [2.75, 3.05) is 32.9 Å². The van der Waals surface area contributed by atoms with Crippen molar-refractivity contribution in [3.63, 3.8) is 0 Å². The van der Waals surface area contributed by atoms with Crippen LogP contribution in [0.4, 0.5) is 9.18 Å². The lowest BCUT2D eigenvalue weighted by Crippen LogP contribution is -2.50. The smallest absolute Gasteiger partial charge is 0.463 e. The molecule has 186 valence electrons. The second-order valence-electron chi connectivity index (χ2n) is 7.50. The zero-order valence-corrected chi connectivity index (χ0v) is 20.1. The van der Waals surface area contributed by atoms with Crippen molar-refractivity contribution >= 4 is 40.9 Å². The zero-order chi connectivity index (χ0) is 24.9. The minimum absolute atomic E-state index is 0.0248. The molecule has 0 bridgehead atoms. The highest BCUT2D eigenvalue weighted by atomic mass is 35.5. The standard InChI is InChI=1S/C22H22ClFN4O6S/c1-2-33-21(29)17-15(10-28-6-7-32-11-16(28)34-22(30)31)26-19(20-25-5-8-35-20)27-18(17)13-4-3-12(23)9-14(13)24/h3-5,8-9,16,18H,2,6-7,10-11H2,1H3,(H,26,27)(H,30,31)/t16-,18-/m0/s1. The first-order valence-corrected chi connectivity index (χ1v) is 11.9. The molecule has 13 heteroatoms. The van der Waals surface area contributed by atoms with Crippen LogP contribution in [0.25, 0.3) is 0 Å². The predicted molar refractivity (Wildman–Crippen MR) is 125 cm³/mol. The van der Waals surface area contributed by atoms with Crippen LogP contribution in [0.1, 0.15) is 23.5 Å². The molecule has 35 heavy (non-hydrogen) atoms. The van der Waals surface area contributed by atoms with E-state index in [0.29, 0.717) is 29.7 Å². The Balaban J connectivity index is 1.81. The van der Waals surface area contributed by atoms with E-state index in [9.17, 15) is 9.59 Å². The Morgan fingerprint density at radius 1 is 1.43 bits per heavy atom. The van der Waals surface area contributed by atoms with E-state index in [0.717, 1.165) is 6.07 Å². The summed E-state index contributed by atoms with van der Waals surface area (Å²) in [7, 11) is 0. The molecule has 0 aliphatic carbocycles. The van der Waals surface area contributed by atoms with Gasteiger partial charge in [-0.05, 0) is 19.1 Å². The van der Waals surface area contributed by atoms with Crippen molar-refractivity contribution in [3.8, 4) is 0 Å². The van der Waals surface area contributed by atoms with E-state index >= 15 is 4.39 Å². The SMILES string of the molecule is CCOC(=O)C1=C(CN2CCOC[C@@H]2OC(=O)O)NC(c2nccs2)=N[C@H]1c1ccc(Cl)cc1F. The summed E-state index contributed by atoms with van der Waals surface area (Å²) in [4.78, 5) is 34.9. The predicted octanol–water partition coefficient (Wildman–Crippen LogP) is 3.20. The number of esters is 1. The Morgan fingerprint density at radius 3 is 2.94 bits per heavy atom. The number of thiazole rings is 1. The third-order valence-electron chi connectivity index (χ3n) is 5.30. The van der Waals surface area contributed by atoms with Gasteiger partial charge in [-0.3, -0.25) is 9.89 Å².